The van der Waals surface area contributed by atoms with Gasteiger partial charge in [-0.2, -0.15) is 39.5 Å². The van der Waals surface area contributed by atoms with Gasteiger partial charge < -0.3 is 10.1 Å². The summed E-state index contributed by atoms with van der Waals surface area (Å²) in [4.78, 5) is 13.0. The van der Waals surface area contributed by atoms with E-state index in [1.165, 1.54) is 30.3 Å². The van der Waals surface area contributed by atoms with E-state index in [1.54, 1.807) is 0 Å². The molecule has 0 radical (unpaired) electrons. The number of methoxy groups -OCH3 is 1. The summed E-state index contributed by atoms with van der Waals surface area (Å²) in [5.74, 6) is -8.98. The number of carbonyl (C=O) groups excluding carboxylic acids is 1. The summed E-state index contributed by atoms with van der Waals surface area (Å²) in [6.45, 7) is 0. The lowest BCUT2D eigenvalue weighted by molar-refractivity contribution is -0.284. The maximum Gasteiger partial charge on any atom is 0.416 e. The molecule has 14 heteroatoms. The largest absolute Gasteiger partial charge is 0.494 e. The van der Waals surface area contributed by atoms with E-state index in [1.807, 2.05) is 5.32 Å². The van der Waals surface area contributed by atoms with E-state index in [0.29, 0.717) is 12.1 Å². The van der Waals surface area contributed by atoms with Gasteiger partial charge in [0.15, 0.2) is 17.5 Å². The Kier molecular flexibility index (Phi) is 8.94. The first-order chi connectivity index (χ1) is 18.9. The Morgan fingerprint density at radius 2 is 1.37 bits per heavy atom. The zero-order valence-corrected chi connectivity index (χ0v) is 20.8. The van der Waals surface area contributed by atoms with E-state index >= 15 is 0 Å². The van der Waals surface area contributed by atoms with Gasteiger partial charge in [-0.3, -0.25) is 4.79 Å². The van der Waals surface area contributed by atoms with Gasteiger partial charge in [0.2, 0.25) is 5.91 Å². The minimum absolute atomic E-state index is 0.118. The van der Waals surface area contributed by atoms with Gasteiger partial charge in [-0.1, -0.05) is 36.4 Å². The molecule has 0 saturated carbocycles. The quantitative estimate of drug-likeness (QED) is 0.269. The summed E-state index contributed by atoms with van der Waals surface area (Å²) in [6.07, 6.45) is -19.7. The molecule has 41 heavy (non-hydrogen) atoms. The van der Waals surface area contributed by atoms with Gasteiger partial charge in [-0.15, -0.1) is 0 Å². The molecule has 3 aromatic carbocycles. The molecule has 3 aromatic rings. The molecule has 0 spiro atoms. The summed E-state index contributed by atoms with van der Waals surface area (Å²) < 4.78 is 154. The maximum atomic E-state index is 14.6. The number of halogens is 11. The first-order valence-corrected chi connectivity index (χ1v) is 11.6. The van der Waals surface area contributed by atoms with Crippen molar-refractivity contribution in [1.82, 2.24) is 5.32 Å². The average Bonchev–Trinajstić information content (AvgIpc) is 2.85. The van der Waals surface area contributed by atoms with Crippen molar-refractivity contribution in [3.05, 3.63) is 101 Å². The van der Waals surface area contributed by atoms with Crippen LogP contribution in [0.15, 0.2) is 66.7 Å². The number of amides is 1. The molecular weight excluding hydrogens is 579 g/mol. The number of ether oxygens (including phenoxy) is 1. The fourth-order valence-corrected chi connectivity index (χ4v) is 4.28. The standard InChI is InChI=1S/C27H20F11NO2/c1-41-21-12-16(7-8-20(21)29)24(14-15-5-3-2-4-6-15,17-9-18(25(30,31)32)11-19(28)10-17)39-23(40)13-22(26(33,34)35)27(36,37)38/h2-12,22H,13-14H2,1H3,(H,39,40). The van der Waals surface area contributed by atoms with Gasteiger partial charge in [-0.05, 0) is 47.0 Å². The number of nitrogens with one attached hydrogen (secondary N) is 1. The lowest BCUT2D eigenvalue weighted by atomic mass is 9.77. The highest BCUT2D eigenvalue weighted by molar-refractivity contribution is 5.78. The van der Waals surface area contributed by atoms with Gasteiger partial charge >= 0.3 is 18.5 Å². The lowest BCUT2D eigenvalue weighted by Gasteiger charge is -2.37. The van der Waals surface area contributed by atoms with Crippen LogP contribution in [0.1, 0.15) is 28.7 Å². The van der Waals surface area contributed by atoms with Crippen LogP contribution in [0.3, 0.4) is 0 Å². The van der Waals surface area contributed by atoms with Crippen LogP contribution in [0.2, 0.25) is 0 Å². The molecule has 0 heterocycles. The molecule has 1 atom stereocenters. The predicted octanol–water partition coefficient (Wildman–Crippen LogP) is 7.73. The normalized spacial score (nSPS) is 14.1. The van der Waals surface area contributed by atoms with Crippen LogP contribution in [0.4, 0.5) is 48.3 Å². The molecule has 0 aromatic heterocycles. The Labute approximate surface area is 225 Å². The molecule has 0 aliphatic carbocycles. The molecule has 1 unspecified atom stereocenters. The Bertz CT molecular complexity index is 1350. The van der Waals surface area contributed by atoms with Gasteiger partial charge in [0.05, 0.1) is 18.2 Å². The van der Waals surface area contributed by atoms with E-state index in [2.05, 4.69) is 0 Å². The smallest absolute Gasteiger partial charge is 0.416 e. The number of hydrogen-bond donors (Lipinski definition) is 1. The van der Waals surface area contributed by atoms with E-state index < -0.39 is 77.2 Å². The second kappa shape index (κ2) is 11.6. The van der Waals surface area contributed by atoms with Gasteiger partial charge in [-0.25, -0.2) is 8.78 Å². The van der Waals surface area contributed by atoms with Crippen molar-refractivity contribution in [2.75, 3.05) is 7.11 Å². The fraction of sp³-hybridized carbons (Fsp3) is 0.296. The SMILES string of the molecule is COc1cc(C(Cc2ccccc2)(NC(=O)CC(C(F)(F)F)C(F)(F)F)c2cc(F)cc(C(F)(F)F)c2)ccc1F. The Morgan fingerprint density at radius 1 is 0.780 bits per heavy atom. The molecule has 1 amide bonds. The first kappa shape index (κ1) is 31.7. The Morgan fingerprint density at radius 3 is 1.90 bits per heavy atom. The van der Waals surface area contributed by atoms with Crippen LogP contribution >= 0.6 is 0 Å². The molecule has 0 aliphatic rings. The molecule has 222 valence electrons. The molecule has 0 fully saturated rings. The number of rotatable bonds is 8. The molecular formula is C27H20F11NO2. The van der Waals surface area contributed by atoms with E-state index in [-0.39, 0.29) is 17.2 Å². The van der Waals surface area contributed by atoms with Gasteiger partial charge in [0, 0.05) is 12.8 Å². The number of carbonyl (C=O) groups is 1. The lowest BCUT2D eigenvalue weighted by Crippen LogP contribution is -2.51. The zero-order valence-electron chi connectivity index (χ0n) is 20.8. The first-order valence-electron chi connectivity index (χ1n) is 11.6. The summed E-state index contributed by atoms with van der Waals surface area (Å²) in [5, 5.41) is 2.01. The summed E-state index contributed by atoms with van der Waals surface area (Å²) in [5.41, 5.74) is -4.79. The van der Waals surface area contributed by atoms with Gasteiger partial charge in [0.1, 0.15) is 5.82 Å². The van der Waals surface area contributed by atoms with E-state index in [0.717, 1.165) is 25.3 Å². The highest BCUT2D eigenvalue weighted by atomic mass is 19.4. The average molecular weight is 599 g/mol. The minimum Gasteiger partial charge on any atom is -0.494 e. The summed E-state index contributed by atoms with van der Waals surface area (Å²) in [6, 6.07) is 10.9. The third-order valence-electron chi connectivity index (χ3n) is 6.21. The Balaban J connectivity index is 2.33. The Hall–Kier alpha value is -3.84. The molecule has 0 aliphatic heterocycles. The summed E-state index contributed by atoms with van der Waals surface area (Å²) in [7, 11) is 1.01. The van der Waals surface area contributed by atoms with Crippen LogP contribution in [-0.2, 0) is 22.9 Å². The second-order valence-electron chi connectivity index (χ2n) is 9.03. The highest BCUT2D eigenvalue weighted by Gasteiger charge is 2.57. The number of benzene rings is 3. The molecule has 0 saturated heterocycles. The number of hydrogen-bond acceptors (Lipinski definition) is 2. The van der Waals surface area contributed by atoms with E-state index in [9.17, 15) is 53.1 Å². The second-order valence-corrected chi connectivity index (χ2v) is 9.03. The van der Waals surface area contributed by atoms with Crippen molar-refractivity contribution in [2.45, 2.75) is 36.9 Å². The summed E-state index contributed by atoms with van der Waals surface area (Å²) >= 11 is 0. The van der Waals surface area contributed by atoms with E-state index in [4.69, 9.17) is 4.74 Å². The third kappa shape index (κ3) is 7.47. The van der Waals surface area contributed by atoms with Crippen molar-refractivity contribution in [3.63, 3.8) is 0 Å². The number of alkyl halides is 9. The zero-order chi connectivity index (χ0) is 30.8. The van der Waals surface area contributed by atoms with Crippen LogP contribution in [0, 0.1) is 17.6 Å². The van der Waals surface area contributed by atoms with Crippen molar-refractivity contribution in [1.29, 1.82) is 0 Å². The van der Waals surface area contributed by atoms with Crippen molar-refractivity contribution >= 4 is 5.91 Å². The van der Waals surface area contributed by atoms with Crippen LogP contribution in [-0.4, -0.2) is 25.4 Å². The van der Waals surface area contributed by atoms with Crippen LogP contribution < -0.4 is 10.1 Å². The molecule has 0 bridgehead atoms. The third-order valence-corrected chi connectivity index (χ3v) is 6.21. The molecule has 1 N–H and O–H groups in total. The minimum atomic E-state index is -5.90. The molecule has 3 rings (SSSR count). The monoisotopic (exact) mass is 599 g/mol. The van der Waals surface area contributed by atoms with Gasteiger partial charge in [0.25, 0.3) is 0 Å². The predicted molar refractivity (Wildman–Crippen MR) is 124 cm³/mol. The van der Waals surface area contributed by atoms with Crippen LogP contribution in [0.25, 0.3) is 0 Å². The maximum absolute atomic E-state index is 14.6. The highest BCUT2D eigenvalue weighted by Crippen LogP contribution is 2.43. The molecule has 3 nitrogen and oxygen atoms in total. The van der Waals surface area contributed by atoms with Crippen molar-refractivity contribution in [2.24, 2.45) is 5.92 Å². The van der Waals surface area contributed by atoms with Crippen molar-refractivity contribution < 1.29 is 57.8 Å². The fourth-order valence-electron chi connectivity index (χ4n) is 4.28. The van der Waals surface area contributed by atoms with Crippen LogP contribution in [0.5, 0.6) is 5.75 Å². The topological polar surface area (TPSA) is 38.3 Å². The van der Waals surface area contributed by atoms with Crippen molar-refractivity contribution in [3.8, 4) is 5.75 Å².